The molecule has 0 aromatic rings. The highest BCUT2D eigenvalue weighted by molar-refractivity contribution is 5.82. The van der Waals surface area contributed by atoms with Gasteiger partial charge in [-0.3, -0.25) is 9.59 Å². The van der Waals surface area contributed by atoms with Gasteiger partial charge in [0.15, 0.2) is 0 Å². The van der Waals surface area contributed by atoms with E-state index in [1.165, 1.54) is 0 Å². The Labute approximate surface area is 88.0 Å². The highest BCUT2D eigenvalue weighted by Gasteiger charge is 2.42. The van der Waals surface area contributed by atoms with Crippen LogP contribution in [0.2, 0.25) is 0 Å². The van der Waals surface area contributed by atoms with Crippen LogP contribution in [0.4, 0.5) is 0 Å². The number of nitrogens with zero attached hydrogens (tertiary/aromatic N) is 1. The monoisotopic (exact) mass is 213 g/mol. The van der Waals surface area contributed by atoms with Crippen molar-refractivity contribution in [2.24, 2.45) is 11.8 Å². The lowest BCUT2D eigenvalue weighted by Gasteiger charge is -2.26. The summed E-state index contributed by atoms with van der Waals surface area (Å²) in [6.07, 6.45) is 1.88. The molecule has 0 aromatic heterocycles. The highest BCUT2D eigenvalue weighted by atomic mass is 16.5. The van der Waals surface area contributed by atoms with Crippen molar-refractivity contribution in [1.82, 2.24) is 4.90 Å². The molecule has 5 nitrogen and oxygen atoms in total. The summed E-state index contributed by atoms with van der Waals surface area (Å²) >= 11 is 0. The number of carbonyl (C=O) groups is 2. The van der Waals surface area contributed by atoms with Crippen molar-refractivity contribution < 1.29 is 19.4 Å². The second kappa shape index (κ2) is 3.81. The standard InChI is InChI=1S/C10H15NO4/c1-11(9(12)6-2-3-6)8-5-15-4-7(8)10(13)14/h6-8H,2-5H2,1H3,(H,13,14). The van der Waals surface area contributed by atoms with E-state index in [4.69, 9.17) is 9.84 Å². The molecule has 0 bridgehead atoms. The minimum atomic E-state index is -0.882. The lowest BCUT2D eigenvalue weighted by atomic mass is 10.0. The fraction of sp³-hybridized carbons (Fsp3) is 0.800. The minimum absolute atomic E-state index is 0.0664. The number of carbonyl (C=O) groups excluding carboxylic acids is 1. The number of likely N-dealkylation sites (N-methyl/N-ethyl adjacent to an activating group) is 1. The smallest absolute Gasteiger partial charge is 0.311 e. The maximum Gasteiger partial charge on any atom is 0.311 e. The molecule has 15 heavy (non-hydrogen) atoms. The van der Waals surface area contributed by atoms with Gasteiger partial charge in [0.25, 0.3) is 0 Å². The van der Waals surface area contributed by atoms with Crippen LogP contribution < -0.4 is 0 Å². The molecule has 1 aliphatic heterocycles. The van der Waals surface area contributed by atoms with Gasteiger partial charge in [-0.1, -0.05) is 0 Å². The summed E-state index contributed by atoms with van der Waals surface area (Å²) in [6, 6.07) is -0.296. The van der Waals surface area contributed by atoms with Gasteiger partial charge < -0.3 is 14.7 Å². The molecule has 1 saturated carbocycles. The maximum atomic E-state index is 11.7. The Bertz CT molecular complexity index is 287. The number of amides is 1. The van der Waals surface area contributed by atoms with Gasteiger partial charge in [-0.05, 0) is 12.8 Å². The van der Waals surface area contributed by atoms with Gasteiger partial charge in [-0.15, -0.1) is 0 Å². The van der Waals surface area contributed by atoms with Crippen LogP contribution in [-0.2, 0) is 14.3 Å². The molecule has 0 spiro atoms. The molecule has 5 heteroatoms. The van der Waals surface area contributed by atoms with Crippen LogP contribution in [0.25, 0.3) is 0 Å². The van der Waals surface area contributed by atoms with Crippen LogP contribution in [0.5, 0.6) is 0 Å². The maximum absolute atomic E-state index is 11.7. The first-order valence-electron chi connectivity index (χ1n) is 5.18. The minimum Gasteiger partial charge on any atom is -0.481 e. The van der Waals surface area contributed by atoms with Crippen molar-refractivity contribution in [2.45, 2.75) is 18.9 Å². The molecule has 84 valence electrons. The zero-order valence-corrected chi connectivity index (χ0v) is 8.68. The Kier molecular flexibility index (Phi) is 2.65. The summed E-state index contributed by atoms with van der Waals surface area (Å²) in [7, 11) is 1.68. The lowest BCUT2D eigenvalue weighted by Crippen LogP contribution is -2.44. The summed E-state index contributed by atoms with van der Waals surface area (Å²) < 4.78 is 5.13. The van der Waals surface area contributed by atoms with E-state index < -0.39 is 11.9 Å². The zero-order valence-electron chi connectivity index (χ0n) is 8.68. The second-order valence-corrected chi connectivity index (χ2v) is 4.27. The van der Waals surface area contributed by atoms with Crippen LogP contribution in [0, 0.1) is 11.8 Å². The van der Waals surface area contributed by atoms with Crippen LogP contribution >= 0.6 is 0 Å². The first kappa shape index (κ1) is 10.4. The van der Waals surface area contributed by atoms with Gasteiger partial charge in [0.05, 0.1) is 19.3 Å². The van der Waals surface area contributed by atoms with E-state index in [0.29, 0.717) is 6.61 Å². The second-order valence-electron chi connectivity index (χ2n) is 4.27. The van der Waals surface area contributed by atoms with E-state index in [9.17, 15) is 9.59 Å². The van der Waals surface area contributed by atoms with Crippen molar-refractivity contribution in [2.75, 3.05) is 20.3 Å². The van der Waals surface area contributed by atoms with Crippen LogP contribution in [0.3, 0.4) is 0 Å². The van der Waals surface area contributed by atoms with E-state index >= 15 is 0 Å². The molecule has 2 unspecified atom stereocenters. The van der Waals surface area contributed by atoms with Gasteiger partial charge in [-0.25, -0.2) is 0 Å². The summed E-state index contributed by atoms with van der Waals surface area (Å²) in [5, 5.41) is 8.95. The Morgan fingerprint density at radius 1 is 1.33 bits per heavy atom. The van der Waals surface area contributed by atoms with Gasteiger partial charge in [0.2, 0.25) is 5.91 Å². The SMILES string of the molecule is CN(C(=O)C1CC1)C1COCC1C(=O)O. The van der Waals surface area contributed by atoms with Gasteiger partial charge in [-0.2, -0.15) is 0 Å². The lowest BCUT2D eigenvalue weighted by molar-refractivity contribution is -0.144. The summed E-state index contributed by atoms with van der Waals surface area (Å²) in [5.74, 6) is -1.26. The average Bonchev–Trinajstić information content (AvgIpc) is 2.92. The Balaban J connectivity index is 2.01. The van der Waals surface area contributed by atoms with E-state index in [2.05, 4.69) is 0 Å². The van der Waals surface area contributed by atoms with Crippen molar-refractivity contribution in [3.8, 4) is 0 Å². The normalized spacial score (nSPS) is 30.2. The number of aliphatic carboxylic acids is 1. The Morgan fingerprint density at radius 3 is 2.53 bits per heavy atom. The van der Waals surface area contributed by atoms with Crippen molar-refractivity contribution in [3.05, 3.63) is 0 Å². The van der Waals surface area contributed by atoms with Gasteiger partial charge in [0.1, 0.15) is 5.92 Å². The predicted octanol–water partition coefficient (Wildman–Crippen LogP) is -0.0456. The molecule has 0 radical (unpaired) electrons. The van der Waals surface area contributed by atoms with Gasteiger partial charge >= 0.3 is 5.97 Å². The topological polar surface area (TPSA) is 66.8 Å². The molecule has 1 heterocycles. The van der Waals surface area contributed by atoms with E-state index in [1.54, 1.807) is 11.9 Å². The molecule has 2 aliphatic rings. The summed E-state index contributed by atoms with van der Waals surface area (Å²) in [4.78, 5) is 24.2. The number of carboxylic acids is 1. The molecular weight excluding hydrogens is 198 g/mol. The third-order valence-corrected chi connectivity index (χ3v) is 3.14. The number of carboxylic acid groups (broad SMARTS) is 1. The molecule has 1 amide bonds. The highest BCUT2D eigenvalue weighted by Crippen LogP contribution is 2.32. The molecule has 2 rings (SSSR count). The molecule has 1 aliphatic carbocycles. The molecule has 2 fully saturated rings. The quantitative estimate of drug-likeness (QED) is 0.714. The number of hydrogen-bond acceptors (Lipinski definition) is 3. The van der Waals surface area contributed by atoms with Crippen molar-refractivity contribution >= 4 is 11.9 Å². The average molecular weight is 213 g/mol. The first-order valence-corrected chi connectivity index (χ1v) is 5.18. The predicted molar refractivity (Wildman–Crippen MR) is 51.2 cm³/mol. The molecule has 2 atom stereocenters. The number of hydrogen-bond donors (Lipinski definition) is 1. The third kappa shape index (κ3) is 1.97. The zero-order chi connectivity index (χ0) is 11.0. The fourth-order valence-corrected chi connectivity index (χ4v) is 1.94. The van der Waals surface area contributed by atoms with Crippen LogP contribution in [0.15, 0.2) is 0 Å². The van der Waals surface area contributed by atoms with E-state index in [-0.39, 0.29) is 24.5 Å². The van der Waals surface area contributed by atoms with Gasteiger partial charge in [0, 0.05) is 13.0 Å². The molecule has 0 aromatic carbocycles. The molecule has 1 N–H and O–H groups in total. The Morgan fingerprint density at radius 2 is 2.00 bits per heavy atom. The number of rotatable bonds is 3. The van der Waals surface area contributed by atoms with E-state index in [1.807, 2.05) is 0 Å². The molecule has 1 saturated heterocycles. The van der Waals surface area contributed by atoms with E-state index in [0.717, 1.165) is 12.8 Å². The number of ether oxygens (including phenoxy) is 1. The summed E-state index contributed by atoms with van der Waals surface area (Å²) in [6.45, 7) is 0.550. The van der Waals surface area contributed by atoms with Crippen molar-refractivity contribution in [1.29, 1.82) is 0 Å². The third-order valence-electron chi connectivity index (χ3n) is 3.14. The largest absolute Gasteiger partial charge is 0.481 e. The fourth-order valence-electron chi connectivity index (χ4n) is 1.94. The van der Waals surface area contributed by atoms with Crippen LogP contribution in [0.1, 0.15) is 12.8 Å². The first-order chi connectivity index (χ1) is 7.11. The summed E-state index contributed by atoms with van der Waals surface area (Å²) in [5.41, 5.74) is 0. The van der Waals surface area contributed by atoms with Crippen LogP contribution in [-0.4, -0.2) is 48.2 Å². The Hall–Kier alpha value is -1.10. The molecular formula is C10H15NO4. The van der Waals surface area contributed by atoms with Crippen molar-refractivity contribution in [3.63, 3.8) is 0 Å².